The summed E-state index contributed by atoms with van der Waals surface area (Å²) < 4.78 is 13.6. The Morgan fingerprint density at radius 3 is 1.64 bits per heavy atom. The van der Waals surface area contributed by atoms with Crippen LogP contribution in [0.2, 0.25) is 0 Å². The van der Waals surface area contributed by atoms with Crippen molar-refractivity contribution in [1.82, 2.24) is 14.1 Å². The Labute approximate surface area is 427 Å². The monoisotopic (exact) mass is 942 g/mol. The maximum atomic E-state index is 7.06. The molecule has 0 N–H and O–H groups in total. The summed E-state index contributed by atoms with van der Waals surface area (Å²) in [6.07, 6.45) is 7.97. The van der Waals surface area contributed by atoms with Gasteiger partial charge in [0.25, 0.3) is 6.33 Å². The Hall–Kier alpha value is -9.06. The number of hydrogen-bond acceptors (Lipinski definition) is 2. The van der Waals surface area contributed by atoms with Crippen molar-refractivity contribution in [3.8, 4) is 62.2 Å². The molecule has 73 heavy (non-hydrogen) atoms. The molecule has 0 fully saturated rings. The highest BCUT2D eigenvalue weighted by molar-refractivity contribution is 6.09. The fourth-order valence-corrected chi connectivity index (χ4v) is 10.4. The van der Waals surface area contributed by atoms with Gasteiger partial charge in [-0.3, -0.25) is 13.7 Å². The second-order valence-corrected chi connectivity index (χ2v) is 19.9. The van der Waals surface area contributed by atoms with Crippen LogP contribution in [0.1, 0.15) is 49.9 Å². The molecule has 0 saturated heterocycles. The van der Waals surface area contributed by atoms with Gasteiger partial charge in [-0.05, 0) is 111 Å². The number of hydrogen-bond donors (Lipinski definition) is 0. The number of nitrogens with zero attached hydrogens (tertiary/aromatic N) is 4. The Balaban J connectivity index is 0.999. The van der Waals surface area contributed by atoms with Gasteiger partial charge in [0.15, 0.2) is 0 Å². The van der Waals surface area contributed by atoms with Gasteiger partial charge in [-0.2, -0.15) is 0 Å². The molecular weight excluding hydrogens is 889 g/mol. The maximum absolute atomic E-state index is 7.06. The second-order valence-electron chi connectivity index (χ2n) is 19.9. The van der Waals surface area contributed by atoms with E-state index in [4.69, 9.17) is 9.72 Å². The minimum absolute atomic E-state index is 0.237. The van der Waals surface area contributed by atoms with Crippen molar-refractivity contribution in [3.63, 3.8) is 0 Å². The van der Waals surface area contributed by atoms with Gasteiger partial charge < -0.3 is 4.74 Å². The predicted molar refractivity (Wildman–Crippen MR) is 298 cm³/mol. The molecule has 12 rings (SSSR count). The molecule has 3 heterocycles. The number of ether oxygens (including phenoxy) is 1. The molecule has 0 amide bonds. The molecule has 0 radical (unpaired) electrons. The molecule has 12 aromatic rings. The fraction of sp³-hybridized carbons (Fsp3) is 0.0882. The zero-order chi connectivity index (χ0) is 49.5. The first kappa shape index (κ1) is 45.1. The standard InChI is InChI=1S/C68H54N4O/c1-67(2,53-28-16-8-17-29-53)55-36-37-69-66(43-55)72-63-33-21-20-32-61(63)62-35-34-59(45-64(62)72)73-60-41-52(49-24-12-6-13-25-49)40-58(44-60)71-47-70(46-65(71)50-26-14-7-15-27-50)57-39-51(48-22-10-5-11-23-48)38-56(42-57)68(3,4)54-30-18-9-19-31-54/h5-46H,1-4H3. The normalized spacial score (nSPS) is 11.8. The fourth-order valence-electron chi connectivity index (χ4n) is 10.4. The Bertz CT molecular complexity index is 3910. The van der Waals surface area contributed by atoms with Gasteiger partial charge in [-0.15, -0.1) is 0 Å². The van der Waals surface area contributed by atoms with Gasteiger partial charge in [-0.1, -0.05) is 204 Å². The van der Waals surface area contributed by atoms with E-state index in [0.717, 1.165) is 78.3 Å². The first-order chi connectivity index (χ1) is 35.7. The third-order valence-electron chi connectivity index (χ3n) is 14.6. The molecule has 0 aliphatic rings. The Morgan fingerprint density at radius 2 is 0.986 bits per heavy atom. The molecule has 0 spiro atoms. The summed E-state index contributed by atoms with van der Waals surface area (Å²) in [5.41, 5.74) is 14.9. The molecule has 0 unspecified atom stereocenters. The quantitative estimate of drug-likeness (QED) is 0.0904. The Morgan fingerprint density at radius 1 is 0.425 bits per heavy atom. The van der Waals surface area contributed by atoms with Crippen LogP contribution in [0.4, 0.5) is 0 Å². The van der Waals surface area contributed by atoms with Crippen LogP contribution in [0.15, 0.2) is 255 Å². The first-order valence-corrected chi connectivity index (χ1v) is 25.0. The number of fused-ring (bicyclic) bond motifs is 3. The van der Waals surface area contributed by atoms with E-state index in [2.05, 4.69) is 297 Å². The van der Waals surface area contributed by atoms with Gasteiger partial charge in [0.05, 0.1) is 28.1 Å². The SMILES string of the molecule is CC(C)(c1ccccc1)c1cc(-c2ccccc2)cc(-[n+]2[c-]n(-c3cc(Oc4ccc5c6ccccc6n(-c6cc(C(C)(C)c7ccccc7)ccn6)c5c4)cc(-c4ccccc4)c3)c(-c3ccccc3)c2)c1. The van der Waals surface area contributed by atoms with E-state index >= 15 is 0 Å². The summed E-state index contributed by atoms with van der Waals surface area (Å²) in [6.45, 7) is 9.17. The van der Waals surface area contributed by atoms with E-state index in [1.165, 1.54) is 22.3 Å². The third-order valence-corrected chi connectivity index (χ3v) is 14.6. The zero-order valence-electron chi connectivity index (χ0n) is 41.4. The predicted octanol–water partition coefficient (Wildman–Crippen LogP) is 16.5. The highest BCUT2D eigenvalue weighted by Crippen LogP contribution is 2.40. The Kier molecular flexibility index (Phi) is 11.5. The minimum atomic E-state index is -0.278. The molecule has 9 aromatic carbocycles. The van der Waals surface area contributed by atoms with Crippen LogP contribution in [-0.2, 0) is 10.8 Å². The number of pyridine rings is 1. The van der Waals surface area contributed by atoms with Gasteiger partial charge in [0.2, 0.25) is 0 Å². The smallest absolute Gasteiger partial charge is 0.269 e. The van der Waals surface area contributed by atoms with Crippen molar-refractivity contribution >= 4 is 21.8 Å². The van der Waals surface area contributed by atoms with E-state index in [0.29, 0.717) is 5.75 Å². The lowest BCUT2D eigenvalue weighted by atomic mass is 9.77. The molecule has 5 heteroatoms. The van der Waals surface area contributed by atoms with Crippen LogP contribution in [-0.4, -0.2) is 14.1 Å². The van der Waals surface area contributed by atoms with Crippen LogP contribution >= 0.6 is 0 Å². The molecule has 0 aliphatic carbocycles. The lowest BCUT2D eigenvalue weighted by Crippen LogP contribution is -2.29. The van der Waals surface area contributed by atoms with Crippen LogP contribution in [0.3, 0.4) is 0 Å². The zero-order valence-corrected chi connectivity index (χ0v) is 41.4. The minimum Gasteiger partial charge on any atom is -0.458 e. The van der Waals surface area contributed by atoms with Crippen molar-refractivity contribution in [2.24, 2.45) is 0 Å². The van der Waals surface area contributed by atoms with E-state index in [1.807, 2.05) is 6.20 Å². The van der Waals surface area contributed by atoms with Crippen molar-refractivity contribution in [2.45, 2.75) is 38.5 Å². The second kappa shape index (κ2) is 18.6. The summed E-state index contributed by atoms with van der Waals surface area (Å²) in [5, 5.41) is 2.28. The van der Waals surface area contributed by atoms with Crippen molar-refractivity contribution < 1.29 is 9.30 Å². The highest BCUT2D eigenvalue weighted by atomic mass is 16.5. The number of para-hydroxylation sites is 1. The maximum Gasteiger partial charge on any atom is 0.269 e. The van der Waals surface area contributed by atoms with Crippen molar-refractivity contribution in [2.75, 3.05) is 0 Å². The average Bonchev–Trinajstić information content (AvgIpc) is 4.05. The largest absolute Gasteiger partial charge is 0.458 e. The summed E-state index contributed by atoms with van der Waals surface area (Å²) >= 11 is 0. The van der Waals surface area contributed by atoms with Crippen molar-refractivity contribution in [3.05, 3.63) is 284 Å². The molecule has 0 atom stereocenters. The summed E-state index contributed by atoms with van der Waals surface area (Å²) in [5.74, 6) is 2.27. The number of aromatic nitrogens is 4. The highest BCUT2D eigenvalue weighted by Gasteiger charge is 2.27. The van der Waals surface area contributed by atoms with E-state index in [-0.39, 0.29) is 10.8 Å². The van der Waals surface area contributed by atoms with Gasteiger partial charge in [0, 0.05) is 40.1 Å². The van der Waals surface area contributed by atoms with Gasteiger partial charge in [-0.25, -0.2) is 4.98 Å². The van der Waals surface area contributed by atoms with Crippen molar-refractivity contribution in [1.29, 1.82) is 0 Å². The molecule has 5 nitrogen and oxygen atoms in total. The van der Waals surface area contributed by atoms with Crippen LogP contribution in [0, 0.1) is 6.33 Å². The first-order valence-electron chi connectivity index (χ1n) is 25.0. The molecule has 3 aromatic heterocycles. The third kappa shape index (κ3) is 8.59. The molecular formula is C68H54N4O. The number of rotatable bonds is 12. The van der Waals surface area contributed by atoms with E-state index in [1.54, 1.807) is 0 Å². The summed E-state index contributed by atoms with van der Waals surface area (Å²) in [6, 6.07) is 85.9. The van der Waals surface area contributed by atoms with Crippen LogP contribution in [0.25, 0.3) is 72.5 Å². The molecule has 0 saturated carbocycles. The average molecular weight is 943 g/mol. The molecule has 0 aliphatic heterocycles. The van der Waals surface area contributed by atoms with Gasteiger partial charge >= 0.3 is 0 Å². The number of imidazole rings is 1. The number of benzene rings is 9. The summed E-state index contributed by atoms with van der Waals surface area (Å²) in [7, 11) is 0. The van der Waals surface area contributed by atoms with E-state index < -0.39 is 0 Å². The lowest BCUT2D eigenvalue weighted by Gasteiger charge is -2.27. The lowest BCUT2D eigenvalue weighted by molar-refractivity contribution is -0.599. The molecule has 0 bridgehead atoms. The van der Waals surface area contributed by atoms with Gasteiger partial charge in [0.1, 0.15) is 17.3 Å². The van der Waals surface area contributed by atoms with Crippen LogP contribution < -0.4 is 9.30 Å². The van der Waals surface area contributed by atoms with E-state index in [9.17, 15) is 0 Å². The summed E-state index contributed by atoms with van der Waals surface area (Å²) in [4.78, 5) is 5.01. The topological polar surface area (TPSA) is 35.9 Å². The molecule has 352 valence electrons. The van der Waals surface area contributed by atoms with Crippen LogP contribution in [0.5, 0.6) is 11.5 Å².